The highest BCUT2D eigenvalue weighted by molar-refractivity contribution is 7.98. The zero-order valence-electron chi connectivity index (χ0n) is 18.9. The highest BCUT2D eigenvalue weighted by atomic mass is 35.5. The Morgan fingerprint density at radius 1 is 0.946 bits per heavy atom. The second kappa shape index (κ2) is 12.6. The number of hydrogen-bond acceptors (Lipinski definition) is 4. The largest absolute Gasteiger partial charge is 0.416 e. The molecule has 3 aromatic rings. The molecule has 0 spiro atoms. The van der Waals surface area contributed by atoms with Gasteiger partial charge in [0, 0.05) is 28.1 Å². The van der Waals surface area contributed by atoms with E-state index < -0.39 is 39.9 Å². The quantitative estimate of drug-likeness (QED) is 0.253. The van der Waals surface area contributed by atoms with Gasteiger partial charge in [0.1, 0.15) is 6.54 Å². The average Bonchev–Trinajstić information content (AvgIpc) is 2.84. The summed E-state index contributed by atoms with van der Waals surface area (Å²) in [7, 11) is -4.42. The van der Waals surface area contributed by atoms with Crippen LogP contribution in [0.3, 0.4) is 0 Å². The topological polar surface area (TPSA) is 66.5 Å². The lowest BCUT2D eigenvalue weighted by molar-refractivity contribution is -0.137. The van der Waals surface area contributed by atoms with Crippen molar-refractivity contribution in [3.05, 3.63) is 92.9 Å². The minimum atomic E-state index is -4.74. The molecule has 0 aromatic heterocycles. The summed E-state index contributed by atoms with van der Waals surface area (Å²) in [4.78, 5) is 12.5. The van der Waals surface area contributed by atoms with Crippen molar-refractivity contribution in [2.45, 2.75) is 16.8 Å². The smallest absolute Gasteiger partial charge is 0.354 e. The summed E-state index contributed by atoms with van der Waals surface area (Å²) in [5.74, 6) is 0.318. The normalized spacial score (nSPS) is 11.8. The fourth-order valence-electron chi connectivity index (χ4n) is 3.17. The Morgan fingerprint density at radius 2 is 1.65 bits per heavy atom. The van der Waals surface area contributed by atoms with Gasteiger partial charge in [0.2, 0.25) is 5.91 Å². The Hall–Kier alpha value is -2.11. The van der Waals surface area contributed by atoms with Gasteiger partial charge in [0.05, 0.1) is 21.2 Å². The molecule has 198 valence electrons. The van der Waals surface area contributed by atoms with E-state index in [0.29, 0.717) is 31.9 Å². The van der Waals surface area contributed by atoms with Crippen molar-refractivity contribution in [1.29, 1.82) is 0 Å². The number of carbonyl (C=O) groups is 1. The van der Waals surface area contributed by atoms with Gasteiger partial charge in [-0.1, -0.05) is 59.1 Å². The Labute approximate surface area is 231 Å². The minimum absolute atomic E-state index is 0.185. The van der Waals surface area contributed by atoms with Crippen molar-refractivity contribution in [1.82, 2.24) is 5.32 Å². The Balaban J connectivity index is 1.75. The van der Waals surface area contributed by atoms with Gasteiger partial charge < -0.3 is 5.32 Å². The Morgan fingerprint density at radius 3 is 2.30 bits per heavy atom. The van der Waals surface area contributed by atoms with E-state index in [1.165, 1.54) is 36.0 Å². The van der Waals surface area contributed by atoms with E-state index in [-0.39, 0.29) is 16.5 Å². The van der Waals surface area contributed by atoms with Crippen LogP contribution in [0, 0.1) is 0 Å². The van der Waals surface area contributed by atoms with Crippen molar-refractivity contribution in [3.8, 4) is 0 Å². The number of sulfonamides is 1. The number of hydrogen-bond donors (Lipinski definition) is 1. The van der Waals surface area contributed by atoms with E-state index in [0.717, 1.165) is 17.7 Å². The molecule has 0 unspecified atom stereocenters. The van der Waals surface area contributed by atoms with Gasteiger partial charge in [0.25, 0.3) is 10.0 Å². The lowest BCUT2D eigenvalue weighted by atomic mass is 10.2. The molecule has 13 heteroatoms. The maximum absolute atomic E-state index is 13.4. The number of thioether (sulfide) groups is 1. The second-order valence-electron chi connectivity index (χ2n) is 7.63. The average molecular weight is 612 g/mol. The number of halogens is 6. The SMILES string of the molecule is O=C(CN(c1cc(C(F)(F)F)ccc1Cl)S(=O)(=O)c1ccccc1)NCCSCc1ccc(Cl)cc1Cl. The van der Waals surface area contributed by atoms with E-state index >= 15 is 0 Å². The molecular formula is C24H20Cl3F3N2O3S2. The number of nitrogens with zero attached hydrogens (tertiary/aromatic N) is 1. The molecule has 1 amide bonds. The molecule has 0 atom stereocenters. The lowest BCUT2D eigenvalue weighted by Crippen LogP contribution is -2.41. The van der Waals surface area contributed by atoms with Crippen molar-refractivity contribution >= 4 is 68.2 Å². The van der Waals surface area contributed by atoms with Gasteiger partial charge in [-0.05, 0) is 48.0 Å². The van der Waals surface area contributed by atoms with Crippen LogP contribution < -0.4 is 9.62 Å². The number of anilines is 1. The molecule has 3 rings (SSSR count). The van der Waals surface area contributed by atoms with Crippen LogP contribution in [0.15, 0.2) is 71.6 Å². The fraction of sp³-hybridized carbons (Fsp3) is 0.208. The minimum Gasteiger partial charge on any atom is -0.354 e. The summed E-state index contributed by atoms with van der Waals surface area (Å²) in [5.41, 5.74) is -0.693. The van der Waals surface area contributed by atoms with Gasteiger partial charge in [-0.15, -0.1) is 0 Å². The van der Waals surface area contributed by atoms with Crippen molar-refractivity contribution in [2.24, 2.45) is 0 Å². The number of nitrogens with one attached hydrogen (secondary N) is 1. The molecule has 5 nitrogen and oxygen atoms in total. The van der Waals surface area contributed by atoms with Crippen LogP contribution in [0.25, 0.3) is 0 Å². The van der Waals surface area contributed by atoms with Gasteiger partial charge >= 0.3 is 6.18 Å². The molecule has 3 aromatic carbocycles. The van der Waals surface area contributed by atoms with Gasteiger partial charge in [-0.25, -0.2) is 8.42 Å². The third-order valence-corrected chi connectivity index (χ3v) is 8.69. The maximum Gasteiger partial charge on any atom is 0.416 e. The van der Waals surface area contributed by atoms with Gasteiger partial charge in [-0.2, -0.15) is 24.9 Å². The molecule has 0 bridgehead atoms. The zero-order chi connectivity index (χ0) is 27.2. The molecule has 0 aliphatic heterocycles. The number of alkyl halides is 3. The first-order valence-corrected chi connectivity index (χ1v) is 14.4. The summed E-state index contributed by atoms with van der Waals surface area (Å²) < 4.78 is 67.3. The van der Waals surface area contributed by atoms with Crippen LogP contribution in [0.4, 0.5) is 18.9 Å². The van der Waals surface area contributed by atoms with Crippen LogP contribution in [-0.4, -0.2) is 33.2 Å². The summed E-state index contributed by atoms with van der Waals surface area (Å²) >= 11 is 19.6. The predicted octanol–water partition coefficient (Wildman–Crippen LogP) is 6.91. The van der Waals surface area contributed by atoms with E-state index in [1.54, 1.807) is 24.3 Å². The van der Waals surface area contributed by atoms with E-state index in [9.17, 15) is 26.4 Å². The first-order valence-electron chi connectivity index (χ1n) is 10.6. The highest BCUT2D eigenvalue weighted by Gasteiger charge is 2.34. The predicted molar refractivity (Wildman–Crippen MR) is 143 cm³/mol. The molecule has 0 saturated carbocycles. The maximum atomic E-state index is 13.4. The molecular weight excluding hydrogens is 592 g/mol. The molecule has 0 fully saturated rings. The van der Waals surface area contributed by atoms with Gasteiger partial charge in [-0.3, -0.25) is 9.10 Å². The number of amides is 1. The van der Waals surface area contributed by atoms with E-state index in [4.69, 9.17) is 34.8 Å². The van der Waals surface area contributed by atoms with Crippen LogP contribution >= 0.6 is 46.6 Å². The van der Waals surface area contributed by atoms with Crippen molar-refractivity contribution < 1.29 is 26.4 Å². The molecule has 0 saturated heterocycles. The summed E-state index contributed by atoms with van der Waals surface area (Å²) in [6, 6.07) is 14.5. The third-order valence-electron chi connectivity index (χ3n) is 5.00. The Kier molecular flexibility index (Phi) is 10.0. The van der Waals surface area contributed by atoms with Crippen molar-refractivity contribution in [2.75, 3.05) is 23.1 Å². The van der Waals surface area contributed by atoms with Crippen LogP contribution in [-0.2, 0) is 26.7 Å². The molecule has 0 aliphatic rings. The second-order valence-corrected chi connectivity index (χ2v) is 11.8. The summed E-state index contributed by atoms with van der Waals surface area (Å²) in [6.45, 7) is -0.587. The number of benzene rings is 3. The molecule has 37 heavy (non-hydrogen) atoms. The first-order chi connectivity index (χ1) is 17.4. The molecule has 0 radical (unpaired) electrons. The number of rotatable bonds is 10. The summed E-state index contributed by atoms with van der Waals surface area (Å²) in [5, 5.41) is 3.37. The molecule has 0 heterocycles. The van der Waals surface area contributed by atoms with Crippen molar-refractivity contribution in [3.63, 3.8) is 0 Å². The summed E-state index contributed by atoms with van der Waals surface area (Å²) in [6.07, 6.45) is -4.74. The van der Waals surface area contributed by atoms with Crippen LogP contribution in [0.5, 0.6) is 0 Å². The lowest BCUT2D eigenvalue weighted by Gasteiger charge is -2.25. The Bertz CT molecular complexity index is 1360. The first kappa shape index (κ1) is 29.4. The monoisotopic (exact) mass is 610 g/mol. The molecule has 1 N–H and O–H groups in total. The van der Waals surface area contributed by atoms with E-state index in [2.05, 4.69) is 5.32 Å². The molecule has 0 aliphatic carbocycles. The fourth-order valence-corrected chi connectivity index (χ4v) is 6.31. The van der Waals surface area contributed by atoms with Crippen LogP contribution in [0.1, 0.15) is 11.1 Å². The van der Waals surface area contributed by atoms with E-state index in [1.807, 2.05) is 0 Å². The third kappa shape index (κ3) is 7.94. The number of carbonyl (C=O) groups excluding carboxylic acids is 1. The van der Waals surface area contributed by atoms with Crippen LogP contribution in [0.2, 0.25) is 15.1 Å². The standard InChI is InChI=1S/C24H20Cl3F3N2O3S2/c25-18-8-6-16(21(27)13-18)15-36-11-10-31-23(33)14-32(37(34,35)19-4-2-1-3-5-19)22-12-17(24(28,29)30)7-9-20(22)26/h1-9,12-13H,10-11,14-15H2,(H,31,33). The zero-order valence-corrected chi connectivity index (χ0v) is 22.8. The highest BCUT2D eigenvalue weighted by Crippen LogP contribution is 2.37. The van der Waals surface area contributed by atoms with Gasteiger partial charge in [0.15, 0.2) is 0 Å².